The van der Waals surface area contributed by atoms with E-state index < -0.39 is 0 Å². The van der Waals surface area contributed by atoms with E-state index in [2.05, 4.69) is 19.4 Å². The third kappa shape index (κ3) is 3.88. The number of halogens is 1. The Bertz CT molecular complexity index is 1330. The molecule has 6 rings (SSSR count). The summed E-state index contributed by atoms with van der Waals surface area (Å²) < 4.78 is 14.1. The minimum absolute atomic E-state index is 0.144. The molecule has 2 aromatic heterocycles. The number of hydrogen-bond donors (Lipinski definition) is 0. The summed E-state index contributed by atoms with van der Waals surface area (Å²) in [6.07, 6.45) is 10.2. The molecule has 3 aliphatic rings. The smallest absolute Gasteiger partial charge is 0.410 e. The summed E-state index contributed by atoms with van der Waals surface area (Å²) in [5.41, 5.74) is 0.968. The van der Waals surface area contributed by atoms with Crippen molar-refractivity contribution in [2.24, 2.45) is 0 Å². The van der Waals surface area contributed by atoms with Gasteiger partial charge >= 0.3 is 6.09 Å². The van der Waals surface area contributed by atoms with E-state index in [-0.39, 0.29) is 29.8 Å². The number of piperidine rings is 1. The molecule has 1 amide bonds. The van der Waals surface area contributed by atoms with Crippen molar-refractivity contribution < 1.29 is 14.3 Å². The molecule has 9 heteroatoms. The Hall–Kier alpha value is -3.31. The maximum Gasteiger partial charge on any atom is 0.410 e. The standard InChI is InChI=1S/C26H26ClN5O3/c1-26(9-3-10-26)35-25(33)32-17-5-6-18(32)14-19(13-17)31-11-8-20-23(31)29-15-30-24(20)34-22-7-4-16(28-2)12-21(22)27/h4,7-8,11-12,15,17-19H,3,5-6,9-10,13-14H2,1H3. The molecule has 1 aliphatic carbocycles. The third-order valence-electron chi connectivity index (χ3n) is 7.78. The van der Waals surface area contributed by atoms with Gasteiger partial charge in [0.15, 0.2) is 5.69 Å². The Labute approximate surface area is 208 Å². The van der Waals surface area contributed by atoms with Gasteiger partial charge in [0.1, 0.15) is 23.3 Å². The van der Waals surface area contributed by atoms with Gasteiger partial charge in [-0.2, -0.15) is 0 Å². The normalized spacial score (nSPS) is 24.6. The topological polar surface area (TPSA) is 73.8 Å². The second-order valence-corrected chi connectivity index (χ2v) is 10.5. The summed E-state index contributed by atoms with van der Waals surface area (Å²) in [5.74, 6) is 0.862. The Morgan fingerprint density at radius 2 is 1.94 bits per heavy atom. The number of fused-ring (bicyclic) bond motifs is 3. The Morgan fingerprint density at radius 3 is 2.60 bits per heavy atom. The highest BCUT2D eigenvalue weighted by molar-refractivity contribution is 6.32. The van der Waals surface area contributed by atoms with Crippen LogP contribution in [-0.4, -0.2) is 43.2 Å². The van der Waals surface area contributed by atoms with E-state index in [4.69, 9.17) is 27.6 Å². The zero-order chi connectivity index (χ0) is 24.2. The molecule has 8 nitrogen and oxygen atoms in total. The monoisotopic (exact) mass is 491 g/mol. The van der Waals surface area contributed by atoms with Gasteiger partial charge in [-0.25, -0.2) is 19.6 Å². The van der Waals surface area contributed by atoms with Crippen LogP contribution in [0.15, 0.2) is 36.8 Å². The lowest BCUT2D eigenvalue weighted by Gasteiger charge is -2.43. The van der Waals surface area contributed by atoms with Gasteiger partial charge in [-0.1, -0.05) is 17.7 Å². The first-order valence-electron chi connectivity index (χ1n) is 12.1. The summed E-state index contributed by atoms with van der Waals surface area (Å²) in [6.45, 7) is 9.17. The number of amides is 1. The second kappa shape index (κ2) is 8.42. The largest absolute Gasteiger partial charge is 0.443 e. The van der Waals surface area contributed by atoms with E-state index in [1.54, 1.807) is 18.2 Å². The van der Waals surface area contributed by atoms with Crippen molar-refractivity contribution in [3.05, 3.63) is 53.2 Å². The van der Waals surface area contributed by atoms with Gasteiger partial charge < -0.3 is 18.9 Å². The molecular formula is C26H26ClN5O3. The summed E-state index contributed by atoms with van der Waals surface area (Å²) >= 11 is 6.31. The van der Waals surface area contributed by atoms with Crippen LogP contribution in [0.25, 0.3) is 15.9 Å². The number of nitrogens with zero attached hydrogens (tertiary/aromatic N) is 5. The Morgan fingerprint density at radius 1 is 1.17 bits per heavy atom. The molecule has 2 saturated heterocycles. The fraction of sp³-hybridized carbons (Fsp3) is 0.462. The van der Waals surface area contributed by atoms with Crippen LogP contribution in [0.4, 0.5) is 10.5 Å². The maximum atomic E-state index is 13.0. The summed E-state index contributed by atoms with van der Waals surface area (Å²) in [7, 11) is 0. The number of hydrogen-bond acceptors (Lipinski definition) is 5. The van der Waals surface area contributed by atoms with E-state index in [0.29, 0.717) is 22.3 Å². The van der Waals surface area contributed by atoms with Gasteiger partial charge in [-0.3, -0.25) is 0 Å². The van der Waals surface area contributed by atoms with Crippen LogP contribution in [0.5, 0.6) is 11.6 Å². The number of benzene rings is 1. The first kappa shape index (κ1) is 22.2. The lowest BCUT2D eigenvalue weighted by molar-refractivity contribution is -0.0577. The highest BCUT2D eigenvalue weighted by Gasteiger charge is 2.47. The van der Waals surface area contributed by atoms with Crippen LogP contribution in [0.3, 0.4) is 0 Å². The molecule has 0 radical (unpaired) electrons. The quantitative estimate of drug-likeness (QED) is 0.381. The molecule has 1 saturated carbocycles. The average molecular weight is 492 g/mol. The molecule has 180 valence electrons. The first-order chi connectivity index (χ1) is 16.9. The van der Waals surface area contributed by atoms with Crippen LogP contribution in [0.1, 0.15) is 57.9 Å². The average Bonchev–Trinajstić information content (AvgIpc) is 3.38. The third-order valence-corrected chi connectivity index (χ3v) is 8.08. The van der Waals surface area contributed by atoms with Gasteiger partial charge in [-0.15, -0.1) is 0 Å². The van der Waals surface area contributed by atoms with Gasteiger partial charge in [0, 0.05) is 24.3 Å². The highest BCUT2D eigenvalue weighted by Crippen LogP contribution is 2.44. The molecule has 2 bridgehead atoms. The Kier molecular flexibility index (Phi) is 5.33. The SMILES string of the molecule is [C-]#[N+]c1ccc(Oc2ncnc3c2ccn3C2CC3CCC(C2)N3C(=O)OC2(C)CCC2)c(Cl)c1. The molecule has 3 aromatic rings. The molecule has 2 unspecified atom stereocenters. The summed E-state index contributed by atoms with van der Waals surface area (Å²) in [6, 6.07) is 7.49. The number of rotatable bonds is 4. The van der Waals surface area contributed by atoms with Gasteiger partial charge in [0.25, 0.3) is 0 Å². The molecule has 35 heavy (non-hydrogen) atoms. The van der Waals surface area contributed by atoms with Crippen LogP contribution < -0.4 is 4.74 Å². The zero-order valence-electron chi connectivity index (χ0n) is 19.5. The number of ether oxygens (including phenoxy) is 2. The van der Waals surface area contributed by atoms with Crippen molar-refractivity contribution in [3.63, 3.8) is 0 Å². The van der Waals surface area contributed by atoms with E-state index in [0.717, 1.165) is 56.0 Å². The molecule has 1 aromatic carbocycles. The van der Waals surface area contributed by atoms with Crippen molar-refractivity contribution in [2.75, 3.05) is 0 Å². The van der Waals surface area contributed by atoms with E-state index in [9.17, 15) is 4.79 Å². The fourth-order valence-corrected chi connectivity index (χ4v) is 6.00. The van der Waals surface area contributed by atoms with Gasteiger partial charge in [0.2, 0.25) is 5.88 Å². The number of carbonyl (C=O) groups excluding carboxylic acids is 1. The van der Waals surface area contributed by atoms with Crippen molar-refractivity contribution in [3.8, 4) is 11.6 Å². The van der Waals surface area contributed by atoms with E-state index in [1.807, 2.05) is 24.1 Å². The van der Waals surface area contributed by atoms with Crippen molar-refractivity contribution in [1.29, 1.82) is 0 Å². The number of carbonyl (C=O) groups is 1. The van der Waals surface area contributed by atoms with E-state index >= 15 is 0 Å². The summed E-state index contributed by atoms with van der Waals surface area (Å²) in [4.78, 5) is 27.3. The second-order valence-electron chi connectivity index (χ2n) is 10.1. The zero-order valence-corrected chi connectivity index (χ0v) is 20.2. The molecule has 2 atom stereocenters. The molecule has 0 N–H and O–H groups in total. The first-order valence-corrected chi connectivity index (χ1v) is 12.5. The van der Waals surface area contributed by atoms with Gasteiger partial charge in [-0.05, 0) is 70.1 Å². The van der Waals surface area contributed by atoms with Gasteiger partial charge in [0.05, 0.1) is 17.0 Å². The minimum Gasteiger partial charge on any atom is -0.443 e. The van der Waals surface area contributed by atoms with E-state index in [1.165, 1.54) is 6.33 Å². The minimum atomic E-state index is -0.281. The Balaban J connectivity index is 1.22. The fourth-order valence-electron chi connectivity index (χ4n) is 5.78. The lowest BCUT2D eigenvalue weighted by atomic mass is 9.82. The maximum absolute atomic E-state index is 13.0. The van der Waals surface area contributed by atoms with Crippen LogP contribution >= 0.6 is 11.6 Å². The molecular weight excluding hydrogens is 466 g/mol. The van der Waals surface area contributed by atoms with Crippen molar-refractivity contribution in [2.45, 2.75) is 75.6 Å². The van der Waals surface area contributed by atoms with Crippen molar-refractivity contribution in [1.82, 2.24) is 19.4 Å². The van der Waals surface area contributed by atoms with Crippen LogP contribution in [0, 0.1) is 6.57 Å². The van der Waals surface area contributed by atoms with Crippen molar-refractivity contribution >= 4 is 34.4 Å². The predicted molar refractivity (Wildman–Crippen MR) is 131 cm³/mol. The highest BCUT2D eigenvalue weighted by atomic mass is 35.5. The lowest BCUT2D eigenvalue weighted by Crippen LogP contribution is -2.50. The van der Waals surface area contributed by atoms with Crippen LogP contribution in [0.2, 0.25) is 5.02 Å². The summed E-state index contributed by atoms with van der Waals surface area (Å²) in [5, 5.41) is 1.15. The predicted octanol–water partition coefficient (Wildman–Crippen LogP) is 6.67. The van der Waals surface area contributed by atoms with Crippen LogP contribution in [-0.2, 0) is 4.74 Å². The number of aromatic nitrogens is 3. The molecule has 4 heterocycles. The molecule has 3 fully saturated rings. The molecule has 0 spiro atoms. The molecule has 2 aliphatic heterocycles.